The molecule has 5 nitrogen and oxygen atoms in total. The number of amides is 2. The quantitative estimate of drug-likeness (QED) is 0.785. The lowest BCUT2D eigenvalue weighted by Crippen LogP contribution is -2.64. The number of nitrogens with zero attached hydrogens (tertiary/aromatic N) is 1. The Bertz CT molecular complexity index is 318. The van der Waals surface area contributed by atoms with E-state index in [9.17, 15) is 9.59 Å². The molecule has 0 spiro atoms. The molecule has 0 aromatic carbocycles. The van der Waals surface area contributed by atoms with Crippen LogP contribution in [0.15, 0.2) is 0 Å². The average molecular weight is 242 g/mol. The van der Waals surface area contributed by atoms with Gasteiger partial charge < -0.3 is 15.0 Å². The number of hydrogen-bond acceptors (Lipinski definition) is 3. The van der Waals surface area contributed by atoms with Crippen molar-refractivity contribution >= 4 is 11.8 Å². The van der Waals surface area contributed by atoms with Gasteiger partial charge in [-0.15, -0.1) is 0 Å². The number of carbonyl (C=O) groups is 2. The molecule has 0 aliphatic carbocycles. The van der Waals surface area contributed by atoms with E-state index >= 15 is 0 Å². The van der Waals surface area contributed by atoms with Gasteiger partial charge in [0.1, 0.15) is 5.54 Å². The highest BCUT2D eigenvalue weighted by atomic mass is 16.5. The van der Waals surface area contributed by atoms with Crippen LogP contribution in [0.1, 0.15) is 34.6 Å². The Balaban J connectivity index is 2.61. The van der Waals surface area contributed by atoms with Crippen LogP contribution >= 0.6 is 0 Å². The minimum Gasteiger partial charge on any atom is -0.374 e. The van der Waals surface area contributed by atoms with E-state index in [0.717, 1.165) is 0 Å². The number of ether oxygens (including phenoxy) is 1. The molecule has 1 fully saturated rings. The molecule has 0 atom stereocenters. The largest absolute Gasteiger partial charge is 0.374 e. The summed E-state index contributed by atoms with van der Waals surface area (Å²) in [6.45, 7) is 10.3. The van der Waals surface area contributed by atoms with Gasteiger partial charge in [-0.2, -0.15) is 0 Å². The van der Waals surface area contributed by atoms with Gasteiger partial charge in [0.2, 0.25) is 11.8 Å². The number of nitrogens with one attached hydrogen (secondary N) is 1. The smallest absolute Gasteiger partial charge is 0.245 e. The predicted molar refractivity (Wildman–Crippen MR) is 64.5 cm³/mol. The van der Waals surface area contributed by atoms with Crippen LogP contribution in [0.2, 0.25) is 0 Å². The van der Waals surface area contributed by atoms with Crippen LogP contribution in [0.25, 0.3) is 0 Å². The van der Waals surface area contributed by atoms with Crippen molar-refractivity contribution in [1.82, 2.24) is 10.2 Å². The minimum absolute atomic E-state index is 0.0629. The first-order valence-electron chi connectivity index (χ1n) is 5.87. The molecule has 17 heavy (non-hydrogen) atoms. The lowest BCUT2D eigenvalue weighted by molar-refractivity contribution is -0.153. The Hall–Kier alpha value is -1.10. The zero-order chi connectivity index (χ0) is 13.3. The maximum atomic E-state index is 11.8. The van der Waals surface area contributed by atoms with Crippen molar-refractivity contribution in [2.24, 2.45) is 0 Å². The number of piperazine rings is 1. The topological polar surface area (TPSA) is 58.6 Å². The molecule has 0 aromatic heterocycles. The van der Waals surface area contributed by atoms with Crippen molar-refractivity contribution in [3.8, 4) is 0 Å². The van der Waals surface area contributed by atoms with Gasteiger partial charge in [0.15, 0.2) is 0 Å². The molecule has 98 valence electrons. The predicted octanol–water partition coefficient (Wildman–Crippen LogP) is 0.539. The third-order valence-electron chi connectivity index (χ3n) is 2.78. The maximum absolute atomic E-state index is 11.8. The molecule has 2 amide bonds. The first kappa shape index (κ1) is 14.0. The van der Waals surface area contributed by atoms with E-state index in [4.69, 9.17) is 4.74 Å². The standard InChI is InChI=1S/C12H22N2O3/c1-11(2,3)17-7-6-14-9(15)8-13-10(16)12(14,4)5/h6-8H2,1-5H3,(H,13,16). The van der Waals surface area contributed by atoms with E-state index in [1.165, 1.54) is 0 Å². The second-order valence-electron chi connectivity index (χ2n) is 5.75. The summed E-state index contributed by atoms with van der Waals surface area (Å²) in [6.07, 6.45) is 0. The van der Waals surface area contributed by atoms with Gasteiger partial charge in [-0.25, -0.2) is 0 Å². The van der Waals surface area contributed by atoms with Crippen molar-refractivity contribution in [3.05, 3.63) is 0 Å². The summed E-state index contributed by atoms with van der Waals surface area (Å²) < 4.78 is 5.58. The summed E-state index contributed by atoms with van der Waals surface area (Å²) in [7, 11) is 0. The molecular weight excluding hydrogens is 220 g/mol. The van der Waals surface area contributed by atoms with Gasteiger partial charge in [0, 0.05) is 6.54 Å². The van der Waals surface area contributed by atoms with E-state index in [1.807, 2.05) is 20.8 Å². The van der Waals surface area contributed by atoms with Gasteiger partial charge in [0.05, 0.1) is 18.8 Å². The average Bonchev–Trinajstić information content (AvgIpc) is 2.16. The molecule has 0 aromatic rings. The molecule has 0 unspecified atom stereocenters. The Morgan fingerprint density at radius 2 is 1.94 bits per heavy atom. The number of carbonyl (C=O) groups excluding carboxylic acids is 2. The number of hydrogen-bond donors (Lipinski definition) is 1. The van der Waals surface area contributed by atoms with Crippen LogP contribution in [0, 0.1) is 0 Å². The highest BCUT2D eigenvalue weighted by Gasteiger charge is 2.41. The molecule has 1 saturated heterocycles. The minimum atomic E-state index is -0.795. The van der Waals surface area contributed by atoms with Crippen LogP contribution in [0.5, 0.6) is 0 Å². The lowest BCUT2D eigenvalue weighted by Gasteiger charge is -2.41. The van der Waals surface area contributed by atoms with Crippen molar-refractivity contribution < 1.29 is 14.3 Å². The molecule has 1 aliphatic heterocycles. The van der Waals surface area contributed by atoms with Crippen LogP contribution in [0.3, 0.4) is 0 Å². The summed E-state index contributed by atoms with van der Waals surface area (Å²) in [5.41, 5.74) is -1.03. The van der Waals surface area contributed by atoms with E-state index in [2.05, 4.69) is 5.32 Å². The molecule has 1 N–H and O–H groups in total. The van der Waals surface area contributed by atoms with Gasteiger partial charge >= 0.3 is 0 Å². The Labute approximate surface area is 102 Å². The summed E-state index contributed by atoms with van der Waals surface area (Å²) in [5, 5.41) is 2.59. The number of rotatable bonds is 3. The lowest BCUT2D eigenvalue weighted by atomic mass is 9.99. The van der Waals surface area contributed by atoms with Crippen molar-refractivity contribution in [1.29, 1.82) is 0 Å². The Morgan fingerprint density at radius 3 is 2.47 bits per heavy atom. The van der Waals surface area contributed by atoms with Gasteiger partial charge in [-0.05, 0) is 34.6 Å². The Kier molecular flexibility index (Phi) is 3.81. The summed E-state index contributed by atoms with van der Waals surface area (Å²) in [5.74, 6) is -0.181. The van der Waals surface area contributed by atoms with Gasteiger partial charge in [-0.3, -0.25) is 9.59 Å². The molecule has 0 radical (unpaired) electrons. The van der Waals surface area contributed by atoms with Crippen molar-refractivity contribution in [3.63, 3.8) is 0 Å². The van der Waals surface area contributed by atoms with Gasteiger partial charge in [0.25, 0.3) is 0 Å². The van der Waals surface area contributed by atoms with E-state index in [0.29, 0.717) is 13.2 Å². The fourth-order valence-corrected chi connectivity index (χ4v) is 1.75. The molecule has 1 aliphatic rings. The zero-order valence-corrected chi connectivity index (χ0v) is 11.3. The second-order valence-corrected chi connectivity index (χ2v) is 5.75. The summed E-state index contributed by atoms with van der Waals surface area (Å²) in [6, 6.07) is 0. The Morgan fingerprint density at radius 1 is 1.35 bits per heavy atom. The summed E-state index contributed by atoms with van der Waals surface area (Å²) in [4.78, 5) is 25.0. The van der Waals surface area contributed by atoms with Crippen molar-refractivity contribution in [2.75, 3.05) is 19.7 Å². The normalized spacial score (nSPS) is 20.4. The zero-order valence-electron chi connectivity index (χ0n) is 11.3. The monoisotopic (exact) mass is 242 g/mol. The fraction of sp³-hybridized carbons (Fsp3) is 0.833. The first-order chi connectivity index (χ1) is 7.64. The summed E-state index contributed by atoms with van der Waals surface area (Å²) >= 11 is 0. The maximum Gasteiger partial charge on any atom is 0.245 e. The van der Waals surface area contributed by atoms with Crippen LogP contribution < -0.4 is 5.32 Å². The van der Waals surface area contributed by atoms with Crippen LogP contribution in [0.4, 0.5) is 0 Å². The van der Waals surface area contributed by atoms with E-state index < -0.39 is 5.54 Å². The van der Waals surface area contributed by atoms with E-state index in [-0.39, 0.29) is 24.0 Å². The molecule has 0 bridgehead atoms. The second kappa shape index (κ2) is 4.64. The van der Waals surface area contributed by atoms with Crippen LogP contribution in [-0.4, -0.2) is 47.6 Å². The first-order valence-corrected chi connectivity index (χ1v) is 5.87. The molecule has 1 rings (SSSR count). The molecule has 5 heteroatoms. The fourth-order valence-electron chi connectivity index (χ4n) is 1.75. The third kappa shape index (κ3) is 3.43. The van der Waals surface area contributed by atoms with Crippen molar-refractivity contribution in [2.45, 2.75) is 45.8 Å². The molecule has 0 saturated carbocycles. The van der Waals surface area contributed by atoms with Gasteiger partial charge in [-0.1, -0.05) is 0 Å². The third-order valence-corrected chi connectivity index (χ3v) is 2.78. The highest BCUT2D eigenvalue weighted by molar-refractivity contribution is 5.97. The SMILES string of the molecule is CC(C)(C)OCCN1C(=O)CNC(=O)C1(C)C. The molecule has 1 heterocycles. The van der Waals surface area contributed by atoms with Crippen LogP contribution in [-0.2, 0) is 14.3 Å². The molecular formula is C12H22N2O3. The van der Waals surface area contributed by atoms with E-state index in [1.54, 1.807) is 18.7 Å². The highest BCUT2D eigenvalue weighted by Crippen LogP contribution is 2.18.